The molecular formula is C21H22N2O7. The van der Waals surface area contributed by atoms with Gasteiger partial charge in [0.25, 0.3) is 0 Å². The fourth-order valence-corrected chi connectivity index (χ4v) is 3.32. The quantitative estimate of drug-likeness (QED) is 0.743. The number of carbonyl (C=O) groups excluding carboxylic acids is 1. The average molecular weight is 414 g/mol. The number of methoxy groups -OCH3 is 3. The first-order valence-electron chi connectivity index (χ1n) is 9.30. The molecule has 158 valence electrons. The first-order chi connectivity index (χ1) is 14.5. The van der Waals surface area contributed by atoms with E-state index in [2.05, 4.69) is 5.10 Å². The van der Waals surface area contributed by atoms with E-state index in [0.29, 0.717) is 59.0 Å². The van der Waals surface area contributed by atoms with Crippen LogP contribution < -0.4 is 23.7 Å². The zero-order valence-corrected chi connectivity index (χ0v) is 17.1. The van der Waals surface area contributed by atoms with E-state index in [0.717, 1.165) is 0 Å². The first-order valence-corrected chi connectivity index (χ1v) is 9.30. The van der Waals surface area contributed by atoms with Crippen molar-refractivity contribution in [3.8, 4) is 28.7 Å². The van der Waals surface area contributed by atoms with E-state index in [4.69, 9.17) is 28.4 Å². The monoisotopic (exact) mass is 414 g/mol. The summed E-state index contributed by atoms with van der Waals surface area (Å²) in [7, 11) is 4.57. The van der Waals surface area contributed by atoms with Crippen molar-refractivity contribution in [2.24, 2.45) is 5.10 Å². The summed E-state index contributed by atoms with van der Waals surface area (Å²) in [4.78, 5) is 12.3. The molecule has 9 heteroatoms. The van der Waals surface area contributed by atoms with E-state index in [1.807, 2.05) is 6.07 Å². The predicted molar refractivity (Wildman–Crippen MR) is 106 cm³/mol. The lowest BCUT2D eigenvalue weighted by atomic mass is 10.1. The van der Waals surface area contributed by atoms with Crippen molar-refractivity contribution in [1.29, 1.82) is 0 Å². The molecule has 2 aliphatic rings. The van der Waals surface area contributed by atoms with Gasteiger partial charge in [0.05, 0.1) is 21.3 Å². The molecule has 0 spiro atoms. The Bertz CT molecular complexity index is 980. The lowest BCUT2D eigenvalue weighted by Crippen LogP contribution is -2.25. The number of benzene rings is 2. The van der Waals surface area contributed by atoms with Crippen molar-refractivity contribution in [2.45, 2.75) is 13.2 Å². The molecule has 0 bridgehead atoms. The van der Waals surface area contributed by atoms with Crippen LogP contribution in [0, 0.1) is 0 Å². The molecule has 2 heterocycles. The van der Waals surface area contributed by atoms with Crippen LogP contribution in [-0.4, -0.2) is 51.4 Å². The Labute approximate surface area is 173 Å². The Morgan fingerprint density at radius 2 is 1.67 bits per heavy atom. The molecule has 1 atom stereocenters. The van der Waals surface area contributed by atoms with Crippen molar-refractivity contribution in [3.63, 3.8) is 0 Å². The Kier molecular flexibility index (Phi) is 5.26. The topological polar surface area (TPSA) is 88.1 Å². The third kappa shape index (κ3) is 3.42. The first kappa shape index (κ1) is 19.7. The third-order valence-electron chi connectivity index (χ3n) is 4.73. The van der Waals surface area contributed by atoms with Gasteiger partial charge in [-0.05, 0) is 30.3 Å². The summed E-state index contributed by atoms with van der Waals surface area (Å²) >= 11 is 0. The second-order valence-electron chi connectivity index (χ2n) is 6.56. The molecule has 2 aromatic rings. The minimum absolute atomic E-state index is 0.277. The summed E-state index contributed by atoms with van der Waals surface area (Å²) in [6.45, 7) is 2.40. The smallest absolute Gasteiger partial charge is 0.243 e. The van der Waals surface area contributed by atoms with Crippen LogP contribution in [0.1, 0.15) is 24.3 Å². The van der Waals surface area contributed by atoms with Gasteiger partial charge < -0.3 is 28.4 Å². The van der Waals surface area contributed by atoms with Crippen molar-refractivity contribution in [1.82, 2.24) is 5.01 Å². The molecule has 1 unspecified atom stereocenters. The Morgan fingerprint density at radius 3 is 2.27 bits per heavy atom. The van der Waals surface area contributed by atoms with E-state index in [9.17, 15) is 4.79 Å². The maximum absolute atomic E-state index is 12.3. The van der Waals surface area contributed by atoms with Crippen LogP contribution in [0.15, 0.2) is 35.4 Å². The van der Waals surface area contributed by atoms with Crippen LogP contribution >= 0.6 is 0 Å². The maximum atomic E-state index is 12.3. The van der Waals surface area contributed by atoms with E-state index < -0.39 is 6.23 Å². The number of amides is 1. The minimum atomic E-state index is -0.792. The van der Waals surface area contributed by atoms with E-state index in [1.165, 1.54) is 33.3 Å². The second kappa shape index (κ2) is 8.02. The minimum Gasteiger partial charge on any atom is -0.493 e. The van der Waals surface area contributed by atoms with E-state index in [1.54, 1.807) is 24.3 Å². The van der Waals surface area contributed by atoms with Gasteiger partial charge in [-0.15, -0.1) is 5.10 Å². The van der Waals surface area contributed by atoms with Crippen LogP contribution in [0.3, 0.4) is 0 Å². The number of hydrogen-bond acceptors (Lipinski definition) is 8. The zero-order chi connectivity index (χ0) is 21.3. The molecule has 0 saturated heterocycles. The summed E-state index contributed by atoms with van der Waals surface area (Å²) in [6.07, 6.45) is -0.792. The number of hydrazone groups is 1. The van der Waals surface area contributed by atoms with Gasteiger partial charge >= 0.3 is 0 Å². The third-order valence-corrected chi connectivity index (χ3v) is 4.73. The Balaban J connectivity index is 1.70. The van der Waals surface area contributed by atoms with Gasteiger partial charge in [0, 0.05) is 18.1 Å². The molecule has 0 radical (unpaired) electrons. The molecule has 2 aromatic carbocycles. The second-order valence-corrected chi connectivity index (χ2v) is 6.56. The highest BCUT2D eigenvalue weighted by atomic mass is 16.6. The van der Waals surface area contributed by atoms with Gasteiger partial charge in [0.2, 0.25) is 23.8 Å². The highest BCUT2D eigenvalue weighted by Crippen LogP contribution is 2.42. The van der Waals surface area contributed by atoms with Gasteiger partial charge in [-0.2, -0.15) is 5.01 Å². The normalized spacial score (nSPS) is 17.1. The number of carbonyl (C=O) groups is 1. The van der Waals surface area contributed by atoms with Crippen molar-refractivity contribution < 1.29 is 33.2 Å². The highest BCUT2D eigenvalue weighted by Gasteiger charge is 2.35. The van der Waals surface area contributed by atoms with Crippen molar-refractivity contribution in [2.75, 3.05) is 34.5 Å². The van der Waals surface area contributed by atoms with Crippen molar-refractivity contribution in [3.05, 3.63) is 41.5 Å². The highest BCUT2D eigenvalue weighted by molar-refractivity contribution is 5.97. The molecule has 0 fully saturated rings. The molecule has 2 aliphatic heterocycles. The zero-order valence-electron chi connectivity index (χ0n) is 17.1. The summed E-state index contributed by atoms with van der Waals surface area (Å²) in [5, 5.41) is 5.66. The van der Waals surface area contributed by atoms with Gasteiger partial charge in [-0.1, -0.05) is 0 Å². The van der Waals surface area contributed by atoms with Crippen molar-refractivity contribution >= 4 is 11.8 Å². The number of rotatable bonds is 5. The molecule has 0 saturated carbocycles. The lowest BCUT2D eigenvalue weighted by Gasteiger charge is -2.22. The van der Waals surface area contributed by atoms with E-state index in [-0.39, 0.29) is 5.91 Å². The maximum Gasteiger partial charge on any atom is 0.243 e. The van der Waals surface area contributed by atoms with Gasteiger partial charge in [-0.25, -0.2) is 0 Å². The largest absolute Gasteiger partial charge is 0.493 e. The summed E-state index contributed by atoms with van der Waals surface area (Å²) < 4.78 is 33.5. The predicted octanol–water partition coefficient (Wildman–Crippen LogP) is 2.72. The summed E-state index contributed by atoms with van der Waals surface area (Å²) in [6, 6.07) is 8.83. The number of hydrogen-bond donors (Lipinski definition) is 0. The summed E-state index contributed by atoms with van der Waals surface area (Å²) in [5.41, 5.74) is 1.29. The van der Waals surface area contributed by atoms with Gasteiger partial charge in [0.15, 0.2) is 23.0 Å². The van der Waals surface area contributed by atoms with Crippen LogP contribution in [0.25, 0.3) is 0 Å². The Hall–Kier alpha value is -3.62. The Morgan fingerprint density at radius 1 is 1.00 bits per heavy atom. The van der Waals surface area contributed by atoms with Crippen LogP contribution in [0.2, 0.25) is 0 Å². The number of nitrogens with zero attached hydrogens (tertiary/aromatic N) is 2. The van der Waals surface area contributed by atoms with Crippen LogP contribution in [-0.2, 0) is 9.53 Å². The fraction of sp³-hybridized carbons (Fsp3) is 0.333. The molecule has 30 heavy (non-hydrogen) atoms. The molecule has 1 amide bonds. The number of ether oxygens (including phenoxy) is 6. The molecule has 9 nitrogen and oxygen atoms in total. The standard InChI is InChI=1S/C21H22N2O7/c1-12(24)23-21(14-10-17(25-2)19(27-4)18(11-14)26-3)30-20(22-23)13-5-6-15-16(9-13)29-8-7-28-15/h5-6,9-11,21H,7-8H2,1-4H3. The van der Waals surface area contributed by atoms with Gasteiger partial charge in [-0.3, -0.25) is 4.79 Å². The lowest BCUT2D eigenvalue weighted by molar-refractivity contribution is -0.135. The molecular weight excluding hydrogens is 392 g/mol. The molecule has 4 rings (SSSR count). The SMILES string of the molecule is COc1cc(C2OC(c3ccc4c(c3)OCCO4)=NN2C(C)=O)cc(OC)c1OC. The molecule has 0 aliphatic carbocycles. The van der Waals surface area contributed by atoms with Gasteiger partial charge in [0.1, 0.15) is 13.2 Å². The molecule has 0 aromatic heterocycles. The van der Waals surface area contributed by atoms with Crippen LogP contribution in [0.5, 0.6) is 28.7 Å². The average Bonchev–Trinajstić information content (AvgIpc) is 3.23. The number of fused-ring (bicyclic) bond motifs is 1. The van der Waals surface area contributed by atoms with Crippen LogP contribution in [0.4, 0.5) is 0 Å². The van der Waals surface area contributed by atoms with E-state index >= 15 is 0 Å². The summed E-state index contributed by atoms with van der Waals surface area (Å²) in [5.74, 6) is 2.63. The molecule has 0 N–H and O–H groups in total. The fourth-order valence-electron chi connectivity index (χ4n) is 3.32.